The fourth-order valence-electron chi connectivity index (χ4n) is 0.757. The van der Waals surface area contributed by atoms with Crippen molar-refractivity contribution in [2.24, 2.45) is 7.05 Å². The number of rotatable bonds is 1. The second kappa shape index (κ2) is 3.33. The van der Waals surface area contributed by atoms with Gasteiger partial charge in [-0.3, -0.25) is 0 Å². The van der Waals surface area contributed by atoms with Gasteiger partial charge in [-0.2, -0.15) is 0 Å². The second-order valence-corrected chi connectivity index (χ2v) is 2.77. The summed E-state index contributed by atoms with van der Waals surface area (Å²) in [6, 6.07) is 0. The normalized spacial score (nSPS) is 10.0. The summed E-state index contributed by atoms with van der Waals surface area (Å²) >= 11 is 11.2. The molecule has 0 aliphatic heterocycles. The van der Waals surface area contributed by atoms with Gasteiger partial charge in [0.15, 0.2) is 10.8 Å². The van der Waals surface area contributed by atoms with E-state index in [-0.39, 0.29) is 16.1 Å². The molecule has 6 heteroatoms. The van der Waals surface area contributed by atoms with E-state index in [1.165, 1.54) is 11.7 Å². The average molecular weight is 209 g/mol. The van der Waals surface area contributed by atoms with Crippen LogP contribution in [-0.4, -0.2) is 22.6 Å². The molecule has 12 heavy (non-hydrogen) atoms. The van der Waals surface area contributed by atoms with E-state index in [0.29, 0.717) is 0 Å². The van der Waals surface area contributed by atoms with Crippen LogP contribution in [0, 0.1) is 0 Å². The lowest BCUT2D eigenvalue weighted by Crippen LogP contribution is -2.07. The molecule has 0 radical (unpaired) electrons. The van der Waals surface area contributed by atoms with Crippen molar-refractivity contribution < 1.29 is 9.53 Å². The molecule has 0 aliphatic carbocycles. The number of halogens is 2. The van der Waals surface area contributed by atoms with Crippen LogP contribution in [0.4, 0.5) is 0 Å². The van der Waals surface area contributed by atoms with Gasteiger partial charge in [-0.05, 0) is 11.6 Å². The van der Waals surface area contributed by atoms with Crippen molar-refractivity contribution in [2.45, 2.75) is 0 Å². The summed E-state index contributed by atoms with van der Waals surface area (Å²) in [7, 11) is 2.84. The highest BCUT2D eigenvalue weighted by atomic mass is 35.5. The quantitative estimate of drug-likeness (QED) is 0.658. The molecule has 0 atom stereocenters. The molecule has 0 N–H and O–H groups in total. The highest BCUT2D eigenvalue weighted by Gasteiger charge is 2.19. The maximum absolute atomic E-state index is 11.0. The average Bonchev–Trinajstić information content (AvgIpc) is 2.26. The Bertz CT molecular complexity index is 322. The Morgan fingerprint density at radius 3 is 2.50 bits per heavy atom. The molecule has 1 aromatic rings. The van der Waals surface area contributed by atoms with Gasteiger partial charge in [0, 0.05) is 7.05 Å². The van der Waals surface area contributed by atoms with Gasteiger partial charge in [-0.15, -0.1) is 0 Å². The molecular formula is C6H6Cl2N2O2. The predicted octanol–water partition coefficient (Wildman–Crippen LogP) is 1.51. The zero-order valence-electron chi connectivity index (χ0n) is 6.47. The van der Waals surface area contributed by atoms with Gasteiger partial charge in [-0.25, -0.2) is 9.78 Å². The molecular weight excluding hydrogens is 203 g/mol. The lowest BCUT2D eigenvalue weighted by Gasteiger charge is -1.99. The van der Waals surface area contributed by atoms with E-state index in [1.807, 2.05) is 0 Å². The lowest BCUT2D eigenvalue weighted by atomic mass is 10.5. The SMILES string of the molecule is COC(=O)c1c(Cl)nc(Cl)n1C. The van der Waals surface area contributed by atoms with Crippen molar-refractivity contribution in [1.29, 1.82) is 0 Å². The Morgan fingerprint density at radius 1 is 1.58 bits per heavy atom. The number of ether oxygens (including phenoxy) is 1. The summed E-state index contributed by atoms with van der Waals surface area (Å²) in [6.07, 6.45) is 0. The third-order valence-electron chi connectivity index (χ3n) is 1.38. The predicted molar refractivity (Wildman–Crippen MR) is 44.6 cm³/mol. The Balaban J connectivity index is 3.22. The van der Waals surface area contributed by atoms with Crippen LogP contribution in [0.25, 0.3) is 0 Å². The lowest BCUT2D eigenvalue weighted by molar-refractivity contribution is 0.0590. The fraction of sp³-hybridized carbons (Fsp3) is 0.333. The number of imidazole rings is 1. The van der Waals surface area contributed by atoms with Gasteiger partial charge >= 0.3 is 5.97 Å². The Labute approximate surface area is 79.0 Å². The smallest absolute Gasteiger partial charge is 0.357 e. The minimum atomic E-state index is -0.554. The molecule has 0 bridgehead atoms. The van der Waals surface area contributed by atoms with Crippen LogP contribution in [0.1, 0.15) is 10.5 Å². The van der Waals surface area contributed by atoms with Crippen LogP contribution < -0.4 is 0 Å². The Morgan fingerprint density at radius 2 is 2.17 bits per heavy atom. The largest absolute Gasteiger partial charge is 0.464 e. The first-order valence-corrected chi connectivity index (χ1v) is 3.79. The molecule has 66 valence electrons. The van der Waals surface area contributed by atoms with Gasteiger partial charge < -0.3 is 9.30 Å². The van der Waals surface area contributed by atoms with Gasteiger partial charge in [0.1, 0.15) is 0 Å². The van der Waals surface area contributed by atoms with Crippen LogP contribution in [0.15, 0.2) is 0 Å². The number of hydrogen-bond acceptors (Lipinski definition) is 3. The molecule has 0 fully saturated rings. The number of esters is 1. The number of aromatic nitrogens is 2. The number of carbonyl (C=O) groups excluding carboxylic acids is 1. The maximum Gasteiger partial charge on any atom is 0.357 e. The van der Waals surface area contributed by atoms with Crippen LogP contribution in [0.3, 0.4) is 0 Å². The molecule has 1 aromatic heterocycles. The number of nitrogens with zero attached hydrogens (tertiary/aromatic N) is 2. The summed E-state index contributed by atoms with van der Waals surface area (Å²) < 4.78 is 5.83. The molecule has 0 spiro atoms. The van der Waals surface area contributed by atoms with Crippen LogP contribution >= 0.6 is 23.2 Å². The van der Waals surface area contributed by atoms with E-state index in [4.69, 9.17) is 23.2 Å². The van der Waals surface area contributed by atoms with E-state index in [1.54, 1.807) is 7.05 Å². The molecule has 0 amide bonds. The summed E-state index contributed by atoms with van der Waals surface area (Å²) in [5, 5.41) is 0.203. The molecule has 0 saturated heterocycles. The monoisotopic (exact) mass is 208 g/mol. The van der Waals surface area contributed by atoms with Crippen molar-refractivity contribution in [1.82, 2.24) is 9.55 Å². The van der Waals surface area contributed by atoms with Crippen molar-refractivity contribution in [3.8, 4) is 0 Å². The first-order chi connectivity index (χ1) is 5.57. The highest BCUT2D eigenvalue weighted by Crippen LogP contribution is 2.19. The maximum atomic E-state index is 11.0. The third kappa shape index (κ3) is 1.40. The summed E-state index contributed by atoms with van der Waals surface area (Å²) in [4.78, 5) is 14.7. The number of methoxy groups -OCH3 is 1. The van der Waals surface area contributed by atoms with E-state index in [2.05, 4.69) is 9.72 Å². The molecule has 1 rings (SSSR count). The standard InChI is InChI=1S/C6H6Cl2N2O2/c1-10-3(5(11)12-2)4(7)9-6(10)8/h1-2H3. The zero-order chi connectivity index (χ0) is 9.30. The highest BCUT2D eigenvalue weighted by molar-refractivity contribution is 6.34. The van der Waals surface area contributed by atoms with Gasteiger partial charge in [-0.1, -0.05) is 11.6 Å². The van der Waals surface area contributed by atoms with Crippen molar-refractivity contribution in [3.63, 3.8) is 0 Å². The molecule has 0 aromatic carbocycles. The molecule has 0 unspecified atom stereocenters. The zero-order valence-corrected chi connectivity index (χ0v) is 7.98. The summed E-state index contributed by atoms with van der Waals surface area (Å²) in [6.45, 7) is 0. The molecule has 4 nitrogen and oxygen atoms in total. The molecule has 1 heterocycles. The first kappa shape index (κ1) is 9.35. The fourth-order valence-corrected chi connectivity index (χ4v) is 1.25. The number of carbonyl (C=O) groups is 1. The Hall–Kier alpha value is -0.740. The van der Waals surface area contributed by atoms with E-state index >= 15 is 0 Å². The van der Waals surface area contributed by atoms with Crippen molar-refractivity contribution >= 4 is 29.2 Å². The van der Waals surface area contributed by atoms with Crippen LogP contribution in [-0.2, 0) is 11.8 Å². The second-order valence-electron chi connectivity index (χ2n) is 2.07. The van der Waals surface area contributed by atoms with Gasteiger partial charge in [0.05, 0.1) is 7.11 Å². The van der Waals surface area contributed by atoms with Crippen LogP contribution in [0.5, 0.6) is 0 Å². The summed E-state index contributed by atoms with van der Waals surface area (Å²) in [5.41, 5.74) is 0.157. The molecule has 0 saturated carbocycles. The van der Waals surface area contributed by atoms with Gasteiger partial charge in [0.25, 0.3) is 0 Å². The minimum Gasteiger partial charge on any atom is -0.464 e. The van der Waals surface area contributed by atoms with Crippen molar-refractivity contribution in [2.75, 3.05) is 7.11 Å². The van der Waals surface area contributed by atoms with Gasteiger partial charge in [0.2, 0.25) is 5.28 Å². The number of hydrogen-bond donors (Lipinski definition) is 0. The third-order valence-corrected chi connectivity index (χ3v) is 1.98. The summed E-state index contributed by atoms with van der Waals surface area (Å²) in [5.74, 6) is -0.554. The molecule has 0 aliphatic rings. The van der Waals surface area contributed by atoms with E-state index in [0.717, 1.165) is 0 Å². The Kier molecular flexibility index (Phi) is 2.59. The van der Waals surface area contributed by atoms with E-state index in [9.17, 15) is 4.79 Å². The first-order valence-electron chi connectivity index (χ1n) is 3.04. The van der Waals surface area contributed by atoms with Crippen molar-refractivity contribution in [3.05, 3.63) is 16.1 Å². The van der Waals surface area contributed by atoms with Crippen LogP contribution in [0.2, 0.25) is 10.4 Å². The minimum absolute atomic E-state index is 0.0503. The van der Waals surface area contributed by atoms with E-state index < -0.39 is 5.97 Å². The topological polar surface area (TPSA) is 44.1 Å².